The number of aromatic amines is 1. The van der Waals surface area contributed by atoms with Crippen LogP contribution >= 0.6 is 0 Å². The van der Waals surface area contributed by atoms with Crippen molar-refractivity contribution in [1.29, 1.82) is 0 Å². The third-order valence-electron chi connectivity index (χ3n) is 5.04. The summed E-state index contributed by atoms with van der Waals surface area (Å²) in [4.78, 5) is 26.8. The lowest BCUT2D eigenvalue weighted by Crippen LogP contribution is -2.31. The Morgan fingerprint density at radius 3 is 2.57 bits per heavy atom. The molecule has 4 rings (SSSR count). The van der Waals surface area contributed by atoms with Crippen molar-refractivity contribution in [2.24, 2.45) is 5.10 Å². The minimum absolute atomic E-state index is 0.124. The van der Waals surface area contributed by atoms with Crippen molar-refractivity contribution in [2.45, 2.75) is 13.8 Å². The molecule has 1 heterocycles. The zero-order valence-corrected chi connectivity index (χ0v) is 16.5. The van der Waals surface area contributed by atoms with Crippen molar-refractivity contribution in [3.63, 3.8) is 0 Å². The molecule has 0 radical (unpaired) electrons. The maximum Gasteiger partial charge on any atom is 0.335 e. The summed E-state index contributed by atoms with van der Waals surface area (Å²) < 4.78 is 1.05. The van der Waals surface area contributed by atoms with E-state index in [0.717, 1.165) is 32.2 Å². The molecule has 30 heavy (non-hydrogen) atoms. The molecule has 0 unspecified atom stereocenters. The van der Waals surface area contributed by atoms with Gasteiger partial charge in [0.25, 0.3) is 5.56 Å². The van der Waals surface area contributed by atoms with E-state index < -0.39 is 17.1 Å². The summed E-state index contributed by atoms with van der Waals surface area (Å²) in [7, 11) is 0. The first-order valence-corrected chi connectivity index (χ1v) is 9.38. The number of rotatable bonds is 4. The first kappa shape index (κ1) is 19.2. The van der Waals surface area contributed by atoms with Gasteiger partial charge in [0.2, 0.25) is 5.88 Å². The summed E-state index contributed by atoms with van der Waals surface area (Å²) >= 11 is 0. The molecular formula is C23H20N4O3. The van der Waals surface area contributed by atoms with E-state index in [-0.39, 0.29) is 5.56 Å². The Morgan fingerprint density at radius 1 is 1.00 bits per heavy atom. The zero-order chi connectivity index (χ0) is 21.3. The van der Waals surface area contributed by atoms with Crippen LogP contribution in [0.5, 0.6) is 5.88 Å². The molecule has 150 valence electrons. The number of aromatic nitrogens is 2. The average molecular weight is 400 g/mol. The summed E-state index contributed by atoms with van der Waals surface area (Å²) in [5.41, 5.74) is 4.54. The van der Waals surface area contributed by atoms with E-state index in [2.05, 4.69) is 15.5 Å². The van der Waals surface area contributed by atoms with Crippen LogP contribution in [0.25, 0.3) is 16.5 Å². The minimum atomic E-state index is -0.722. The van der Waals surface area contributed by atoms with E-state index in [4.69, 9.17) is 0 Å². The average Bonchev–Trinajstić information content (AvgIpc) is 2.73. The number of hydrogen-bond donors (Lipinski definition) is 3. The SMILES string of the molecule is Cc1ccc(-n2c(O)c(C=NNc3cccc4ccccc34)c(=O)[nH]c2=O)cc1C. The molecule has 0 spiro atoms. The highest BCUT2D eigenvalue weighted by atomic mass is 16.3. The van der Waals surface area contributed by atoms with Gasteiger partial charge in [0, 0.05) is 5.39 Å². The maximum atomic E-state index is 12.3. The van der Waals surface area contributed by atoms with Gasteiger partial charge in [-0.2, -0.15) is 5.10 Å². The van der Waals surface area contributed by atoms with Gasteiger partial charge >= 0.3 is 5.69 Å². The van der Waals surface area contributed by atoms with E-state index in [0.29, 0.717) is 5.69 Å². The lowest BCUT2D eigenvalue weighted by molar-refractivity contribution is 0.430. The van der Waals surface area contributed by atoms with Crippen LogP contribution in [-0.2, 0) is 0 Å². The van der Waals surface area contributed by atoms with Crippen molar-refractivity contribution in [2.75, 3.05) is 5.43 Å². The van der Waals surface area contributed by atoms with Crippen molar-refractivity contribution in [3.8, 4) is 11.6 Å². The van der Waals surface area contributed by atoms with Crippen LogP contribution in [0.1, 0.15) is 16.7 Å². The van der Waals surface area contributed by atoms with Crippen molar-refractivity contribution in [3.05, 3.63) is 98.2 Å². The Hall–Kier alpha value is -4.13. The molecule has 1 aromatic heterocycles. The highest BCUT2D eigenvalue weighted by Gasteiger charge is 2.14. The molecule has 0 saturated carbocycles. The van der Waals surface area contributed by atoms with Crippen molar-refractivity contribution < 1.29 is 5.11 Å². The molecule has 0 fully saturated rings. The van der Waals surface area contributed by atoms with Gasteiger partial charge in [-0.05, 0) is 48.6 Å². The molecule has 0 aliphatic rings. The van der Waals surface area contributed by atoms with Gasteiger partial charge in [0.1, 0.15) is 5.56 Å². The zero-order valence-electron chi connectivity index (χ0n) is 16.5. The second kappa shape index (κ2) is 7.71. The van der Waals surface area contributed by atoms with E-state index >= 15 is 0 Å². The molecule has 7 heteroatoms. The monoisotopic (exact) mass is 400 g/mol. The van der Waals surface area contributed by atoms with Crippen LogP contribution in [0.3, 0.4) is 0 Å². The summed E-state index contributed by atoms with van der Waals surface area (Å²) in [5, 5.41) is 16.8. The summed E-state index contributed by atoms with van der Waals surface area (Å²) in [5.74, 6) is -0.476. The standard InChI is InChI=1S/C23H20N4O3/c1-14-10-11-17(12-15(14)2)27-22(29)19(21(28)25-23(27)30)13-24-26-20-9-5-7-16-6-3-4-8-18(16)20/h3-13,26,29H,1-2H3,(H,25,28,30). The van der Waals surface area contributed by atoms with Gasteiger partial charge in [0.15, 0.2) is 0 Å². The quantitative estimate of drug-likeness (QED) is 0.361. The van der Waals surface area contributed by atoms with Crippen molar-refractivity contribution in [1.82, 2.24) is 9.55 Å². The second-order valence-corrected chi connectivity index (χ2v) is 7.00. The van der Waals surface area contributed by atoms with Crippen molar-refractivity contribution >= 4 is 22.7 Å². The molecule has 0 aliphatic carbocycles. The smallest absolute Gasteiger partial charge is 0.335 e. The third kappa shape index (κ3) is 3.48. The van der Waals surface area contributed by atoms with E-state index in [1.165, 1.54) is 6.21 Å². The maximum absolute atomic E-state index is 12.3. The Labute approximate surface area is 172 Å². The highest BCUT2D eigenvalue weighted by molar-refractivity contribution is 5.94. The molecule has 0 atom stereocenters. The molecule has 0 saturated heterocycles. The number of aromatic hydroxyl groups is 1. The number of aryl methyl sites for hydroxylation is 2. The number of H-pyrrole nitrogens is 1. The normalized spacial score (nSPS) is 11.3. The molecule has 4 aromatic rings. The number of hydrazone groups is 1. The first-order valence-electron chi connectivity index (χ1n) is 9.38. The number of fused-ring (bicyclic) bond motifs is 1. The largest absolute Gasteiger partial charge is 0.493 e. The Bertz CT molecular complexity index is 1390. The Kier molecular flexibility index (Phi) is 4.93. The fraction of sp³-hybridized carbons (Fsp3) is 0.0870. The van der Waals surface area contributed by atoms with Gasteiger partial charge in [-0.1, -0.05) is 42.5 Å². The highest BCUT2D eigenvalue weighted by Crippen LogP contribution is 2.23. The van der Waals surface area contributed by atoms with Crippen LogP contribution in [0.15, 0.2) is 75.4 Å². The first-order chi connectivity index (χ1) is 14.5. The Balaban J connectivity index is 1.73. The summed E-state index contributed by atoms with van der Waals surface area (Å²) in [6.45, 7) is 3.86. The van der Waals surface area contributed by atoms with Crippen LogP contribution in [0, 0.1) is 13.8 Å². The van der Waals surface area contributed by atoms with Gasteiger partial charge in [-0.25, -0.2) is 9.36 Å². The fourth-order valence-corrected chi connectivity index (χ4v) is 3.25. The van der Waals surface area contributed by atoms with Crippen LogP contribution < -0.4 is 16.7 Å². The fourth-order valence-electron chi connectivity index (χ4n) is 3.25. The molecular weight excluding hydrogens is 380 g/mol. The number of nitrogens with one attached hydrogen (secondary N) is 2. The van der Waals surface area contributed by atoms with E-state index in [1.807, 2.05) is 62.4 Å². The minimum Gasteiger partial charge on any atom is -0.493 e. The lowest BCUT2D eigenvalue weighted by atomic mass is 10.1. The molecule has 0 amide bonds. The topological polar surface area (TPSA) is 99.5 Å². The predicted molar refractivity (Wildman–Crippen MR) is 119 cm³/mol. The van der Waals surface area contributed by atoms with Crippen LogP contribution in [0.2, 0.25) is 0 Å². The Morgan fingerprint density at radius 2 is 1.77 bits per heavy atom. The van der Waals surface area contributed by atoms with Gasteiger partial charge in [-0.3, -0.25) is 15.2 Å². The molecule has 3 N–H and O–H groups in total. The van der Waals surface area contributed by atoms with E-state index in [9.17, 15) is 14.7 Å². The summed E-state index contributed by atoms with van der Waals surface area (Å²) in [6, 6.07) is 18.9. The van der Waals surface area contributed by atoms with Gasteiger partial charge < -0.3 is 5.11 Å². The number of nitrogens with zero attached hydrogens (tertiary/aromatic N) is 2. The van der Waals surface area contributed by atoms with E-state index in [1.54, 1.807) is 12.1 Å². The molecule has 0 bridgehead atoms. The summed E-state index contributed by atoms with van der Waals surface area (Å²) in [6.07, 6.45) is 1.20. The predicted octanol–water partition coefficient (Wildman–Crippen LogP) is 3.45. The number of anilines is 1. The second-order valence-electron chi connectivity index (χ2n) is 7.00. The van der Waals surface area contributed by atoms with Crippen LogP contribution in [0.4, 0.5) is 5.69 Å². The molecule has 0 aliphatic heterocycles. The third-order valence-corrected chi connectivity index (χ3v) is 5.04. The van der Waals surface area contributed by atoms with Crippen LogP contribution in [-0.4, -0.2) is 20.9 Å². The number of hydrogen-bond acceptors (Lipinski definition) is 5. The lowest BCUT2D eigenvalue weighted by Gasteiger charge is -2.11. The molecule has 7 nitrogen and oxygen atoms in total. The van der Waals surface area contributed by atoms with Gasteiger partial charge in [-0.15, -0.1) is 0 Å². The molecule has 3 aromatic carbocycles. The number of benzene rings is 3. The van der Waals surface area contributed by atoms with Gasteiger partial charge in [0.05, 0.1) is 17.6 Å².